The highest BCUT2D eigenvalue weighted by Gasteiger charge is 2.25. The molecule has 0 saturated carbocycles. The lowest BCUT2D eigenvalue weighted by Gasteiger charge is -2.12. The molecule has 1 aromatic carbocycles. The Balaban J connectivity index is 2.33. The molecule has 1 aromatic heterocycles. The summed E-state index contributed by atoms with van der Waals surface area (Å²) in [7, 11) is 2.10. The third-order valence-electron chi connectivity index (χ3n) is 4.92. The fourth-order valence-electron chi connectivity index (χ4n) is 3.72. The van der Waals surface area contributed by atoms with Crippen molar-refractivity contribution in [2.45, 2.75) is 65.8 Å². The molecule has 0 aliphatic carbocycles. The molecule has 2 aromatic rings. The van der Waals surface area contributed by atoms with Crippen molar-refractivity contribution in [3.05, 3.63) is 57.4 Å². The number of amides is 1. The van der Waals surface area contributed by atoms with Gasteiger partial charge in [-0.2, -0.15) is 0 Å². The fourth-order valence-corrected chi connectivity index (χ4v) is 3.84. The standard InChI is InChI=1S/C22H31ClN2O/c1-6-8-9-18-20(19(7-2)25(5)21(18)15(3)4)22(26)24-14-16-10-12-17(23)13-11-16/h10-13,15H,6-9,14H2,1-5H3,(H,24,26). The van der Waals surface area contributed by atoms with Crippen molar-refractivity contribution < 1.29 is 4.79 Å². The number of benzene rings is 1. The van der Waals surface area contributed by atoms with Crippen LogP contribution in [0, 0.1) is 0 Å². The average molecular weight is 375 g/mol. The van der Waals surface area contributed by atoms with E-state index in [9.17, 15) is 4.79 Å². The van der Waals surface area contributed by atoms with Gasteiger partial charge in [0, 0.05) is 30.0 Å². The van der Waals surface area contributed by atoms with E-state index in [1.54, 1.807) is 0 Å². The van der Waals surface area contributed by atoms with E-state index in [0.29, 0.717) is 17.5 Å². The predicted molar refractivity (Wildman–Crippen MR) is 110 cm³/mol. The van der Waals surface area contributed by atoms with Crippen molar-refractivity contribution in [1.82, 2.24) is 9.88 Å². The van der Waals surface area contributed by atoms with Gasteiger partial charge in [-0.25, -0.2) is 0 Å². The summed E-state index contributed by atoms with van der Waals surface area (Å²) >= 11 is 5.94. The lowest BCUT2D eigenvalue weighted by molar-refractivity contribution is 0.0949. The second kappa shape index (κ2) is 9.27. The molecule has 0 spiro atoms. The van der Waals surface area contributed by atoms with Crippen LogP contribution < -0.4 is 5.32 Å². The fraction of sp³-hybridized carbons (Fsp3) is 0.500. The summed E-state index contributed by atoms with van der Waals surface area (Å²) < 4.78 is 2.24. The Bertz CT molecular complexity index is 744. The zero-order valence-electron chi connectivity index (χ0n) is 16.7. The van der Waals surface area contributed by atoms with Gasteiger partial charge in [0.15, 0.2) is 0 Å². The van der Waals surface area contributed by atoms with Gasteiger partial charge in [0.2, 0.25) is 0 Å². The number of rotatable bonds is 8. The molecule has 0 saturated heterocycles. The smallest absolute Gasteiger partial charge is 0.253 e. The molecule has 0 bridgehead atoms. The summed E-state index contributed by atoms with van der Waals surface area (Å²) in [6.07, 6.45) is 4.04. The molecule has 1 N–H and O–H groups in total. The largest absolute Gasteiger partial charge is 0.350 e. The molecule has 1 heterocycles. The van der Waals surface area contributed by atoms with Gasteiger partial charge in [-0.1, -0.05) is 57.8 Å². The highest BCUT2D eigenvalue weighted by molar-refractivity contribution is 6.30. The first-order valence-corrected chi connectivity index (χ1v) is 10.0. The van der Waals surface area contributed by atoms with E-state index in [4.69, 9.17) is 11.6 Å². The van der Waals surface area contributed by atoms with E-state index >= 15 is 0 Å². The Kier molecular flexibility index (Phi) is 7.33. The second-order valence-corrected chi connectivity index (χ2v) is 7.60. The van der Waals surface area contributed by atoms with Gasteiger partial charge in [0.05, 0.1) is 5.56 Å². The molecule has 0 atom stereocenters. The van der Waals surface area contributed by atoms with Crippen LogP contribution in [0.15, 0.2) is 24.3 Å². The molecule has 2 rings (SSSR count). The van der Waals surface area contributed by atoms with Crippen LogP contribution in [0.5, 0.6) is 0 Å². The van der Waals surface area contributed by atoms with E-state index in [-0.39, 0.29) is 5.91 Å². The third kappa shape index (κ3) is 4.50. The summed E-state index contributed by atoms with van der Waals surface area (Å²) in [5, 5.41) is 3.82. The van der Waals surface area contributed by atoms with Crippen molar-refractivity contribution in [3.8, 4) is 0 Å². The minimum Gasteiger partial charge on any atom is -0.350 e. The van der Waals surface area contributed by atoms with Crippen LogP contribution in [0.25, 0.3) is 0 Å². The average Bonchev–Trinajstić information content (AvgIpc) is 2.90. The zero-order chi connectivity index (χ0) is 19.3. The Morgan fingerprint density at radius 2 is 1.85 bits per heavy atom. The number of nitrogens with one attached hydrogen (secondary N) is 1. The van der Waals surface area contributed by atoms with Crippen molar-refractivity contribution in [2.24, 2.45) is 7.05 Å². The first-order chi connectivity index (χ1) is 12.4. The van der Waals surface area contributed by atoms with Crippen LogP contribution in [0.4, 0.5) is 0 Å². The molecule has 4 heteroatoms. The Hall–Kier alpha value is -1.74. The molecule has 3 nitrogen and oxygen atoms in total. The number of nitrogens with zero attached hydrogens (tertiary/aromatic N) is 1. The molecule has 0 aliphatic heterocycles. The maximum Gasteiger partial charge on any atom is 0.253 e. The first-order valence-electron chi connectivity index (χ1n) is 9.63. The number of aromatic nitrogens is 1. The lowest BCUT2D eigenvalue weighted by atomic mass is 9.96. The zero-order valence-corrected chi connectivity index (χ0v) is 17.4. The summed E-state index contributed by atoms with van der Waals surface area (Å²) in [6, 6.07) is 7.61. The van der Waals surface area contributed by atoms with Gasteiger partial charge in [0.1, 0.15) is 0 Å². The minimum atomic E-state index is 0.0328. The van der Waals surface area contributed by atoms with Crippen LogP contribution in [0.1, 0.15) is 79.3 Å². The summed E-state index contributed by atoms with van der Waals surface area (Å²) in [5.74, 6) is 0.431. The summed E-state index contributed by atoms with van der Waals surface area (Å²) in [4.78, 5) is 13.1. The summed E-state index contributed by atoms with van der Waals surface area (Å²) in [5.41, 5.74) is 5.60. The molecule has 142 valence electrons. The maximum atomic E-state index is 13.1. The van der Waals surface area contributed by atoms with Gasteiger partial charge < -0.3 is 9.88 Å². The van der Waals surface area contributed by atoms with Gasteiger partial charge in [0.25, 0.3) is 5.91 Å². The van der Waals surface area contributed by atoms with E-state index in [2.05, 4.69) is 44.6 Å². The van der Waals surface area contributed by atoms with Crippen molar-refractivity contribution in [2.75, 3.05) is 0 Å². The lowest BCUT2D eigenvalue weighted by Crippen LogP contribution is -2.24. The van der Waals surface area contributed by atoms with Crippen molar-refractivity contribution >= 4 is 17.5 Å². The van der Waals surface area contributed by atoms with E-state index in [0.717, 1.165) is 42.5 Å². The molecular weight excluding hydrogens is 344 g/mol. The topological polar surface area (TPSA) is 34.0 Å². The first kappa shape index (κ1) is 20.6. The van der Waals surface area contributed by atoms with E-state index in [1.807, 2.05) is 24.3 Å². The molecule has 0 aliphatic rings. The van der Waals surface area contributed by atoms with Crippen LogP contribution in [0.2, 0.25) is 5.02 Å². The monoisotopic (exact) mass is 374 g/mol. The van der Waals surface area contributed by atoms with Crippen molar-refractivity contribution in [3.63, 3.8) is 0 Å². The molecular formula is C22H31ClN2O. The predicted octanol–water partition coefficient (Wildman–Crippen LogP) is 5.64. The molecule has 0 radical (unpaired) electrons. The summed E-state index contributed by atoms with van der Waals surface area (Å²) in [6.45, 7) is 9.25. The Morgan fingerprint density at radius 3 is 2.38 bits per heavy atom. The van der Waals surface area contributed by atoms with Crippen LogP contribution in [0.3, 0.4) is 0 Å². The maximum absolute atomic E-state index is 13.1. The van der Waals surface area contributed by atoms with Gasteiger partial charge in [-0.3, -0.25) is 4.79 Å². The van der Waals surface area contributed by atoms with Crippen LogP contribution in [-0.2, 0) is 26.4 Å². The van der Waals surface area contributed by atoms with Gasteiger partial charge in [-0.15, -0.1) is 0 Å². The molecule has 26 heavy (non-hydrogen) atoms. The molecule has 1 amide bonds. The highest BCUT2D eigenvalue weighted by atomic mass is 35.5. The second-order valence-electron chi connectivity index (χ2n) is 7.17. The normalized spacial score (nSPS) is 11.2. The molecule has 0 unspecified atom stereocenters. The van der Waals surface area contributed by atoms with Crippen molar-refractivity contribution in [1.29, 1.82) is 0 Å². The van der Waals surface area contributed by atoms with Crippen LogP contribution >= 0.6 is 11.6 Å². The third-order valence-corrected chi connectivity index (χ3v) is 5.17. The van der Waals surface area contributed by atoms with Gasteiger partial charge in [-0.05, 0) is 48.4 Å². The number of unbranched alkanes of at least 4 members (excludes halogenated alkanes) is 1. The number of hydrogen-bond donors (Lipinski definition) is 1. The SMILES string of the molecule is CCCCc1c(C(=O)NCc2ccc(Cl)cc2)c(CC)n(C)c1C(C)C. The number of hydrogen-bond acceptors (Lipinski definition) is 1. The van der Waals surface area contributed by atoms with E-state index < -0.39 is 0 Å². The number of carbonyl (C=O) groups is 1. The molecule has 0 fully saturated rings. The number of halogens is 1. The Labute approximate surface area is 162 Å². The minimum absolute atomic E-state index is 0.0328. The quantitative estimate of drug-likeness (QED) is 0.637. The number of carbonyl (C=O) groups excluding carboxylic acids is 1. The van der Waals surface area contributed by atoms with E-state index in [1.165, 1.54) is 11.3 Å². The Morgan fingerprint density at radius 1 is 1.19 bits per heavy atom. The van der Waals surface area contributed by atoms with Crippen LogP contribution in [-0.4, -0.2) is 10.5 Å². The highest BCUT2D eigenvalue weighted by Crippen LogP contribution is 2.30. The van der Waals surface area contributed by atoms with Gasteiger partial charge >= 0.3 is 0 Å².